The minimum absolute atomic E-state index is 0.0466. The third-order valence-corrected chi connectivity index (χ3v) is 2.90. The molecule has 0 N–H and O–H groups in total. The molecule has 78 valence electrons. The molecule has 0 aliphatic carbocycles. The van der Waals surface area contributed by atoms with E-state index in [1.54, 1.807) is 11.5 Å². The van der Waals surface area contributed by atoms with Crippen LogP contribution in [0, 0.1) is 0 Å². The summed E-state index contributed by atoms with van der Waals surface area (Å²) in [7, 11) is 0. The Balaban J connectivity index is 2.45. The largest absolute Gasteiger partial charge is 0.287 e. The highest BCUT2D eigenvalue weighted by Crippen LogP contribution is 2.23. The minimum atomic E-state index is 0.0466. The third-order valence-electron chi connectivity index (χ3n) is 2.90. The summed E-state index contributed by atoms with van der Waals surface area (Å²) in [4.78, 5) is 11.4. The summed E-state index contributed by atoms with van der Waals surface area (Å²) in [6.45, 7) is 1.58. The highest BCUT2D eigenvalue weighted by atomic mass is 16.1. The van der Waals surface area contributed by atoms with Gasteiger partial charge in [0.2, 0.25) is 5.91 Å². The Labute approximate surface area is 93.1 Å². The molecule has 0 fully saturated rings. The molecule has 0 radical (unpaired) electrons. The standard InChI is InChI=1S/C14H11NO/c1-10(16)15-7-6-13-8-11-4-2-3-5-12(11)9-14(13)15/h2-9H,1H3. The van der Waals surface area contributed by atoms with E-state index < -0.39 is 0 Å². The van der Waals surface area contributed by atoms with Gasteiger partial charge in [0.15, 0.2) is 0 Å². The highest BCUT2D eigenvalue weighted by Gasteiger charge is 2.05. The second-order valence-corrected chi connectivity index (χ2v) is 3.96. The van der Waals surface area contributed by atoms with Crippen LogP contribution >= 0.6 is 0 Å². The molecule has 0 aliphatic heterocycles. The second kappa shape index (κ2) is 3.20. The van der Waals surface area contributed by atoms with E-state index in [9.17, 15) is 4.79 Å². The molecule has 0 unspecified atom stereocenters. The Hall–Kier alpha value is -2.09. The maximum absolute atomic E-state index is 11.4. The van der Waals surface area contributed by atoms with Gasteiger partial charge in [-0.15, -0.1) is 0 Å². The van der Waals surface area contributed by atoms with Crippen molar-refractivity contribution in [2.75, 3.05) is 0 Å². The van der Waals surface area contributed by atoms with Gasteiger partial charge in [-0.2, -0.15) is 0 Å². The molecule has 2 heteroatoms. The number of carbonyl (C=O) groups excluding carboxylic acids is 1. The van der Waals surface area contributed by atoms with E-state index in [1.165, 1.54) is 5.39 Å². The predicted molar refractivity (Wildman–Crippen MR) is 65.7 cm³/mol. The van der Waals surface area contributed by atoms with Crippen molar-refractivity contribution in [2.45, 2.75) is 6.92 Å². The molecule has 2 nitrogen and oxygen atoms in total. The fraction of sp³-hybridized carbons (Fsp3) is 0.0714. The Bertz CT molecular complexity index is 694. The van der Waals surface area contributed by atoms with E-state index in [1.807, 2.05) is 24.4 Å². The number of hydrogen-bond acceptors (Lipinski definition) is 1. The van der Waals surface area contributed by atoms with Gasteiger partial charge < -0.3 is 0 Å². The molecule has 16 heavy (non-hydrogen) atoms. The first kappa shape index (κ1) is 9.16. The lowest BCUT2D eigenvalue weighted by Gasteiger charge is -2.01. The van der Waals surface area contributed by atoms with E-state index >= 15 is 0 Å². The normalized spacial score (nSPS) is 11.1. The van der Waals surface area contributed by atoms with E-state index in [0.717, 1.165) is 16.3 Å². The van der Waals surface area contributed by atoms with Gasteiger partial charge in [-0.3, -0.25) is 9.36 Å². The van der Waals surface area contributed by atoms with Crippen molar-refractivity contribution in [2.24, 2.45) is 0 Å². The second-order valence-electron chi connectivity index (χ2n) is 3.96. The highest BCUT2D eigenvalue weighted by molar-refractivity contribution is 6.00. The lowest BCUT2D eigenvalue weighted by atomic mass is 10.1. The Morgan fingerprint density at radius 2 is 1.69 bits per heavy atom. The van der Waals surface area contributed by atoms with Crippen LogP contribution in [0.25, 0.3) is 21.7 Å². The van der Waals surface area contributed by atoms with E-state index in [4.69, 9.17) is 0 Å². The molecule has 0 bridgehead atoms. The maximum Gasteiger partial charge on any atom is 0.227 e. The first-order valence-corrected chi connectivity index (χ1v) is 5.26. The Kier molecular flexibility index (Phi) is 1.83. The van der Waals surface area contributed by atoms with E-state index in [0.29, 0.717) is 0 Å². The van der Waals surface area contributed by atoms with Gasteiger partial charge in [0.1, 0.15) is 0 Å². The topological polar surface area (TPSA) is 22.0 Å². The Morgan fingerprint density at radius 1 is 1.00 bits per heavy atom. The summed E-state index contributed by atoms with van der Waals surface area (Å²) in [5.41, 5.74) is 0.978. The van der Waals surface area contributed by atoms with Crippen molar-refractivity contribution in [3.8, 4) is 0 Å². The predicted octanol–water partition coefficient (Wildman–Crippen LogP) is 3.45. The number of fused-ring (bicyclic) bond motifs is 2. The fourth-order valence-corrected chi connectivity index (χ4v) is 2.10. The van der Waals surface area contributed by atoms with Gasteiger partial charge in [0.25, 0.3) is 0 Å². The molecule has 3 aromatic rings. The molecule has 1 aromatic heterocycles. The lowest BCUT2D eigenvalue weighted by Crippen LogP contribution is -2.02. The van der Waals surface area contributed by atoms with Crippen LogP contribution in [0.3, 0.4) is 0 Å². The number of rotatable bonds is 0. The molecule has 1 heterocycles. The molecule has 0 spiro atoms. The van der Waals surface area contributed by atoms with Crippen molar-refractivity contribution >= 4 is 27.6 Å². The van der Waals surface area contributed by atoms with Gasteiger partial charge in [0.05, 0.1) is 5.52 Å². The summed E-state index contributed by atoms with van der Waals surface area (Å²) in [5.74, 6) is 0.0466. The van der Waals surface area contributed by atoms with Crippen molar-refractivity contribution in [3.63, 3.8) is 0 Å². The van der Waals surface area contributed by atoms with Gasteiger partial charge >= 0.3 is 0 Å². The molecule has 0 saturated heterocycles. The minimum Gasteiger partial charge on any atom is -0.287 e. The quantitative estimate of drug-likeness (QED) is 0.555. The number of carbonyl (C=O) groups is 1. The van der Waals surface area contributed by atoms with Crippen molar-refractivity contribution in [1.29, 1.82) is 0 Å². The average Bonchev–Trinajstić information content (AvgIpc) is 2.68. The van der Waals surface area contributed by atoms with Gasteiger partial charge in [-0.05, 0) is 29.0 Å². The molecule has 3 rings (SSSR count). The number of hydrogen-bond donors (Lipinski definition) is 0. The van der Waals surface area contributed by atoms with Crippen molar-refractivity contribution < 1.29 is 4.79 Å². The molecule has 0 atom stereocenters. The van der Waals surface area contributed by atoms with Crippen LogP contribution in [-0.4, -0.2) is 10.5 Å². The van der Waals surface area contributed by atoms with Crippen LogP contribution in [0.5, 0.6) is 0 Å². The van der Waals surface area contributed by atoms with E-state index in [2.05, 4.69) is 24.3 Å². The summed E-state index contributed by atoms with van der Waals surface area (Å²) in [5, 5.41) is 3.47. The summed E-state index contributed by atoms with van der Waals surface area (Å²) in [6.07, 6.45) is 1.83. The van der Waals surface area contributed by atoms with Crippen molar-refractivity contribution in [3.05, 3.63) is 48.7 Å². The third kappa shape index (κ3) is 1.23. The summed E-state index contributed by atoms with van der Waals surface area (Å²) >= 11 is 0. The Morgan fingerprint density at radius 3 is 2.38 bits per heavy atom. The zero-order valence-electron chi connectivity index (χ0n) is 8.97. The van der Waals surface area contributed by atoms with Crippen LogP contribution in [0.2, 0.25) is 0 Å². The molecule has 0 aliphatic rings. The van der Waals surface area contributed by atoms with E-state index in [-0.39, 0.29) is 5.91 Å². The molecular formula is C14H11NO. The molecule has 0 amide bonds. The van der Waals surface area contributed by atoms with Crippen LogP contribution in [0.1, 0.15) is 11.7 Å². The van der Waals surface area contributed by atoms with Crippen LogP contribution in [-0.2, 0) is 0 Å². The van der Waals surface area contributed by atoms with Gasteiger partial charge in [0, 0.05) is 18.5 Å². The number of benzene rings is 2. The lowest BCUT2D eigenvalue weighted by molar-refractivity contribution is 0.0941. The fourth-order valence-electron chi connectivity index (χ4n) is 2.10. The maximum atomic E-state index is 11.4. The SMILES string of the molecule is CC(=O)n1ccc2cc3ccccc3cc21. The van der Waals surface area contributed by atoms with Crippen LogP contribution < -0.4 is 0 Å². The van der Waals surface area contributed by atoms with Gasteiger partial charge in [-0.25, -0.2) is 0 Å². The molecular weight excluding hydrogens is 198 g/mol. The zero-order valence-corrected chi connectivity index (χ0v) is 8.97. The zero-order chi connectivity index (χ0) is 11.1. The summed E-state index contributed by atoms with van der Waals surface area (Å²) in [6, 6.07) is 14.3. The van der Waals surface area contributed by atoms with Gasteiger partial charge in [-0.1, -0.05) is 24.3 Å². The first-order chi connectivity index (χ1) is 7.75. The molecule has 0 saturated carbocycles. The van der Waals surface area contributed by atoms with Crippen molar-refractivity contribution in [1.82, 2.24) is 4.57 Å². The van der Waals surface area contributed by atoms with Crippen LogP contribution in [0.15, 0.2) is 48.7 Å². The van der Waals surface area contributed by atoms with Crippen LogP contribution in [0.4, 0.5) is 0 Å². The number of nitrogens with zero attached hydrogens (tertiary/aromatic N) is 1. The molecule has 2 aromatic carbocycles. The monoisotopic (exact) mass is 209 g/mol. The smallest absolute Gasteiger partial charge is 0.227 e. The first-order valence-electron chi connectivity index (χ1n) is 5.26. The average molecular weight is 209 g/mol. The number of aromatic nitrogens is 1. The summed E-state index contributed by atoms with van der Waals surface area (Å²) < 4.78 is 1.68.